The monoisotopic (exact) mass is 416 g/mol. The van der Waals surface area contributed by atoms with Crippen LogP contribution < -0.4 is 14.4 Å². The number of hydrogen-bond donors (Lipinski definition) is 2. The fourth-order valence-corrected chi connectivity index (χ4v) is 5.66. The molecule has 2 N–H and O–H groups in total. The number of benzene rings is 2. The van der Waals surface area contributed by atoms with Crippen LogP contribution in [-0.2, 0) is 6.54 Å². The zero-order chi connectivity index (χ0) is 20.4. The highest BCUT2D eigenvalue weighted by Gasteiger charge is 2.52. The van der Waals surface area contributed by atoms with Crippen LogP contribution in [0.15, 0.2) is 42.5 Å². The highest BCUT2D eigenvalue weighted by molar-refractivity contribution is 6.31. The summed E-state index contributed by atoms with van der Waals surface area (Å²) in [5.74, 6) is 1.88. The Morgan fingerprint density at radius 3 is 2.69 bits per heavy atom. The summed E-state index contributed by atoms with van der Waals surface area (Å²) in [7, 11) is 3.41. The van der Waals surface area contributed by atoms with Crippen molar-refractivity contribution in [1.82, 2.24) is 0 Å². The molecule has 2 aromatic carbocycles. The van der Waals surface area contributed by atoms with Crippen LogP contribution in [0.2, 0.25) is 5.02 Å². The molecule has 2 aliphatic rings. The Morgan fingerprint density at radius 1 is 1.10 bits per heavy atom. The van der Waals surface area contributed by atoms with Gasteiger partial charge < -0.3 is 19.5 Å². The first-order valence-electron chi connectivity index (χ1n) is 10.6. The van der Waals surface area contributed by atoms with Gasteiger partial charge in [-0.25, -0.2) is 0 Å². The lowest BCUT2D eigenvalue weighted by Gasteiger charge is -2.50. The van der Waals surface area contributed by atoms with Crippen LogP contribution in [0.25, 0.3) is 0 Å². The van der Waals surface area contributed by atoms with Crippen LogP contribution in [0.1, 0.15) is 49.3 Å². The quantitative estimate of drug-likeness (QED) is 0.778. The minimum atomic E-state index is -0.596. The molecule has 0 spiro atoms. The lowest BCUT2D eigenvalue weighted by Crippen LogP contribution is -3.13. The van der Waals surface area contributed by atoms with Gasteiger partial charge >= 0.3 is 0 Å². The number of fused-ring (bicyclic) bond motifs is 1. The number of halogens is 1. The van der Waals surface area contributed by atoms with Crippen molar-refractivity contribution in [2.24, 2.45) is 5.92 Å². The third-order valence-corrected chi connectivity index (χ3v) is 7.30. The molecule has 29 heavy (non-hydrogen) atoms. The Hall–Kier alpha value is -1.75. The number of nitrogens with one attached hydrogen (secondary N) is 1. The van der Waals surface area contributed by atoms with E-state index in [9.17, 15) is 5.11 Å². The topological polar surface area (TPSA) is 43.1 Å². The number of rotatable bonds is 5. The summed E-state index contributed by atoms with van der Waals surface area (Å²) in [6, 6.07) is 14.2. The van der Waals surface area contributed by atoms with E-state index < -0.39 is 5.60 Å². The largest absolute Gasteiger partial charge is 0.497 e. The van der Waals surface area contributed by atoms with Crippen molar-refractivity contribution >= 4 is 11.6 Å². The molecule has 0 amide bonds. The summed E-state index contributed by atoms with van der Waals surface area (Å²) in [6.45, 7) is 1.74. The van der Waals surface area contributed by atoms with Crippen LogP contribution in [0.3, 0.4) is 0 Å². The average molecular weight is 417 g/mol. The van der Waals surface area contributed by atoms with Gasteiger partial charge in [0, 0.05) is 22.9 Å². The standard InChI is InChI=1S/C24H30ClNO3/c1-28-18-10-11-22(29-2)19(15-18)23-20-8-5-6-12-24(20,27)13-14-26(23)16-17-7-3-4-9-21(17)25/h3-4,7,9-11,15,20,23,27H,5-6,8,12-14,16H2,1-2H3/p+1/t20-,23+,24+/m1/s1. The molecule has 4 rings (SSSR count). The van der Waals surface area contributed by atoms with E-state index in [0.29, 0.717) is 0 Å². The van der Waals surface area contributed by atoms with Gasteiger partial charge in [-0.15, -0.1) is 0 Å². The van der Waals surface area contributed by atoms with Crippen LogP contribution in [0, 0.1) is 5.92 Å². The lowest BCUT2D eigenvalue weighted by molar-refractivity contribution is -0.958. The summed E-state index contributed by atoms with van der Waals surface area (Å²) < 4.78 is 11.3. The molecule has 1 heterocycles. The second-order valence-corrected chi connectivity index (χ2v) is 8.88. The smallest absolute Gasteiger partial charge is 0.128 e. The van der Waals surface area contributed by atoms with Crippen molar-refractivity contribution < 1.29 is 19.5 Å². The highest BCUT2D eigenvalue weighted by Crippen LogP contribution is 2.46. The van der Waals surface area contributed by atoms with Crippen molar-refractivity contribution in [2.75, 3.05) is 20.8 Å². The van der Waals surface area contributed by atoms with E-state index in [1.807, 2.05) is 30.3 Å². The maximum absolute atomic E-state index is 11.5. The SMILES string of the molecule is COc1ccc(OC)c([C@H]2[C@H]3CCCC[C@]3(O)CC[NH+]2Cc2ccccc2Cl)c1. The summed E-state index contributed by atoms with van der Waals surface area (Å²) in [5.41, 5.74) is 1.68. The zero-order valence-corrected chi connectivity index (χ0v) is 18.0. The summed E-state index contributed by atoms with van der Waals surface area (Å²) in [4.78, 5) is 1.43. The van der Waals surface area contributed by atoms with Crippen molar-refractivity contribution in [3.05, 3.63) is 58.6 Å². The van der Waals surface area contributed by atoms with E-state index in [0.717, 1.165) is 72.8 Å². The van der Waals surface area contributed by atoms with Gasteiger partial charge in [-0.2, -0.15) is 0 Å². The van der Waals surface area contributed by atoms with Crippen LogP contribution in [-0.4, -0.2) is 31.5 Å². The maximum Gasteiger partial charge on any atom is 0.128 e. The number of aliphatic hydroxyl groups is 1. The molecule has 0 bridgehead atoms. The minimum absolute atomic E-state index is 0.135. The van der Waals surface area contributed by atoms with Crippen molar-refractivity contribution in [2.45, 2.75) is 50.3 Å². The van der Waals surface area contributed by atoms with Gasteiger partial charge in [0.25, 0.3) is 0 Å². The number of hydrogen-bond acceptors (Lipinski definition) is 3. The Labute approximate surface area is 178 Å². The van der Waals surface area contributed by atoms with Crippen LogP contribution in [0.5, 0.6) is 11.5 Å². The second kappa shape index (κ2) is 8.55. The fourth-order valence-electron chi connectivity index (χ4n) is 5.46. The molecule has 1 unspecified atom stereocenters. The average Bonchev–Trinajstić information content (AvgIpc) is 2.74. The molecule has 156 valence electrons. The van der Waals surface area contributed by atoms with Gasteiger partial charge in [0.1, 0.15) is 24.1 Å². The molecule has 2 aromatic rings. The Bertz CT molecular complexity index is 858. The van der Waals surface area contributed by atoms with Gasteiger partial charge in [-0.3, -0.25) is 0 Å². The normalized spacial score (nSPS) is 29.2. The van der Waals surface area contributed by atoms with Gasteiger partial charge in [-0.1, -0.05) is 42.6 Å². The molecular formula is C24H31ClNO3+. The van der Waals surface area contributed by atoms with E-state index in [1.165, 1.54) is 4.90 Å². The van der Waals surface area contributed by atoms with Crippen LogP contribution in [0.4, 0.5) is 0 Å². The Morgan fingerprint density at radius 2 is 1.93 bits per heavy atom. The molecule has 0 radical (unpaired) electrons. The summed E-state index contributed by atoms with van der Waals surface area (Å²) in [5, 5.41) is 12.3. The van der Waals surface area contributed by atoms with Crippen molar-refractivity contribution in [3.63, 3.8) is 0 Å². The molecule has 1 aliphatic carbocycles. The molecule has 2 fully saturated rings. The molecule has 1 saturated carbocycles. The zero-order valence-electron chi connectivity index (χ0n) is 17.3. The van der Waals surface area contributed by atoms with E-state index in [4.69, 9.17) is 21.1 Å². The molecule has 4 atom stereocenters. The first kappa shape index (κ1) is 20.5. The second-order valence-electron chi connectivity index (χ2n) is 8.47. The van der Waals surface area contributed by atoms with E-state index >= 15 is 0 Å². The number of quaternary nitrogens is 1. The first-order valence-corrected chi connectivity index (χ1v) is 11.0. The molecule has 0 aromatic heterocycles. The predicted octanol–water partition coefficient (Wildman–Crippen LogP) is 3.81. The van der Waals surface area contributed by atoms with Gasteiger partial charge in [-0.05, 0) is 37.1 Å². The molecule has 5 heteroatoms. The number of ether oxygens (including phenoxy) is 2. The highest BCUT2D eigenvalue weighted by atomic mass is 35.5. The third kappa shape index (κ3) is 3.98. The molecule has 1 aliphatic heterocycles. The fraction of sp³-hybridized carbons (Fsp3) is 0.500. The maximum atomic E-state index is 11.5. The van der Waals surface area contributed by atoms with Crippen molar-refractivity contribution in [1.29, 1.82) is 0 Å². The summed E-state index contributed by atoms with van der Waals surface area (Å²) >= 11 is 6.50. The minimum Gasteiger partial charge on any atom is -0.497 e. The van der Waals surface area contributed by atoms with Crippen LogP contribution >= 0.6 is 11.6 Å². The van der Waals surface area contributed by atoms with Gasteiger partial charge in [0.05, 0.1) is 31.9 Å². The van der Waals surface area contributed by atoms with Gasteiger partial charge in [0.15, 0.2) is 0 Å². The summed E-state index contributed by atoms with van der Waals surface area (Å²) in [6.07, 6.45) is 5.03. The Balaban J connectivity index is 1.78. The molecule has 1 saturated heterocycles. The predicted molar refractivity (Wildman–Crippen MR) is 115 cm³/mol. The Kier molecular flexibility index (Phi) is 6.05. The third-order valence-electron chi connectivity index (χ3n) is 6.93. The first-order chi connectivity index (χ1) is 14.1. The molecule has 4 nitrogen and oxygen atoms in total. The van der Waals surface area contributed by atoms with E-state index in [-0.39, 0.29) is 12.0 Å². The van der Waals surface area contributed by atoms with E-state index in [2.05, 4.69) is 12.1 Å². The van der Waals surface area contributed by atoms with Crippen molar-refractivity contribution in [3.8, 4) is 11.5 Å². The number of likely N-dealkylation sites (tertiary alicyclic amines) is 1. The molecular weight excluding hydrogens is 386 g/mol. The number of methoxy groups -OCH3 is 2. The van der Waals surface area contributed by atoms with Gasteiger partial charge in [0.2, 0.25) is 0 Å². The van der Waals surface area contributed by atoms with E-state index in [1.54, 1.807) is 14.2 Å². The lowest BCUT2D eigenvalue weighted by atomic mass is 9.66. The number of piperidine rings is 1.